The number of nitrogens with zero attached hydrogens (tertiary/aromatic N) is 2. The number of hydrogen-bond donors (Lipinski definition) is 0. The van der Waals surface area contributed by atoms with Crippen LogP contribution in [0.25, 0.3) is 6.08 Å². The smallest absolute Gasteiger partial charge is 0.294 e. The molecule has 2 heterocycles. The molecule has 160 valence electrons. The lowest BCUT2D eigenvalue weighted by molar-refractivity contribution is -0.136. The molecule has 2 saturated heterocycles. The number of thioether (sulfide) groups is 1. The lowest BCUT2D eigenvalue weighted by atomic mass is 10.1. The van der Waals surface area contributed by atoms with Crippen molar-refractivity contribution in [3.63, 3.8) is 0 Å². The summed E-state index contributed by atoms with van der Waals surface area (Å²) in [5.41, 5.74) is 1.82. The molecule has 31 heavy (non-hydrogen) atoms. The van der Waals surface area contributed by atoms with Gasteiger partial charge in [-0.2, -0.15) is 0 Å². The zero-order valence-electron chi connectivity index (χ0n) is 17.2. The molecular weight excluding hydrogens is 412 g/mol. The van der Waals surface area contributed by atoms with E-state index >= 15 is 0 Å². The van der Waals surface area contributed by atoms with Gasteiger partial charge in [-0.1, -0.05) is 42.5 Å². The second kappa shape index (κ2) is 9.83. The number of imide groups is 1. The number of rotatable bonds is 6. The van der Waals surface area contributed by atoms with Crippen LogP contribution < -0.4 is 4.74 Å². The molecule has 0 bridgehead atoms. The van der Waals surface area contributed by atoms with Gasteiger partial charge in [-0.05, 0) is 60.4 Å². The van der Waals surface area contributed by atoms with Crippen molar-refractivity contribution in [1.82, 2.24) is 9.80 Å². The van der Waals surface area contributed by atoms with E-state index in [2.05, 4.69) is 0 Å². The van der Waals surface area contributed by atoms with E-state index < -0.39 is 11.1 Å². The van der Waals surface area contributed by atoms with Crippen molar-refractivity contribution < 1.29 is 19.1 Å². The molecule has 2 aromatic carbocycles. The first-order valence-corrected chi connectivity index (χ1v) is 11.2. The monoisotopic (exact) mass is 436 g/mol. The maximum absolute atomic E-state index is 12.7. The number of amides is 3. The highest BCUT2D eigenvalue weighted by Gasteiger charge is 2.37. The van der Waals surface area contributed by atoms with E-state index in [1.165, 1.54) is 0 Å². The van der Waals surface area contributed by atoms with Crippen LogP contribution in [0.2, 0.25) is 0 Å². The van der Waals surface area contributed by atoms with Crippen molar-refractivity contribution in [2.45, 2.75) is 25.9 Å². The average Bonchev–Trinajstić information content (AvgIpc) is 3.06. The molecule has 7 heteroatoms. The van der Waals surface area contributed by atoms with Crippen molar-refractivity contribution in [3.8, 4) is 5.75 Å². The van der Waals surface area contributed by atoms with Crippen LogP contribution in [-0.2, 0) is 16.2 Å². The third-order valence-electron chi connectivity index (χ3n) is 5.28. The first kappa shape index (κ1) is 21.2. The number of hydrogen-bond acceptors (Lipinski definition) is 5. The average molecular weight is 437 g/mol. The van der Waals surface area contributed by atoms with Gasteiger partial charge in [0.1, 0.15) is 18.9 Å². The minimum absolute atomic E-state index is 0.167. The van der Waals surface area contributed by atoms with Gasteiger partial charge in [0.05, 0.1) is 4.91 Å². The summed E-state index contributed by atoms with van der Waals surface area (Å²) in [6, 6.07) is 17.2. The minimum Gasteiger partial charge on any atom is -0.489 e. The SMILES string of the molecule is O=C(CN1C(=O)S/C(=C\c2cccc(OCc3ccccc3)c2)C1=O)N1CCCCC1. The third-order valence-corrected chi connectivity index (χ3v) is 6.19. The number of carbonyl (C=O) groups excluding carboxylic acids is 3. The number of likely N-dealkylation sites (tertiary alicyclic amines) is 1. The Morgan fingerprint density at radius 3 is 2.55 bits per heavy atom. The summed E-state index contributed by atoms with van der Waals surface area (Å²) in [6.07, 6.45) is 4.72. The minimum atomic E-state index is -0.420. The summed E-state index contributed by atoms with van der Waals surface area (Å²) < 4.78 is 5.84. The van der Waals surface area contributed by atoms with Crippen LogP contribution in [0.15, 0.2) is 59.5 Å². The molecule has 3 amide bonds. The Bertz CT molecular complexity index is 1000. The van der Waals surface area contributed by atoms with E-state index in [-0.39, 0.29) is 12.5 Å². The predicted octanol–water partition coefficient (Wildman–Crippen LogP) is 4.31. The van der Waals surface area contributed by atoms with Crippen LogP contribution in [0.4, 0.5) is 4.79 Å². The van der Waals surface area contributed by atoms with Crippen molar-refractivity contribution in [1.29, 1.82) is 0 Å². The lowest BCUT2D eigenvalue weighted by Crippen LogP contribution is -2.44. The van der Waals surface area contributed by atoms with Gasteiger partial charge < -0.3 is 9.64 Å². The first-order valence-electron chi connectivity index (χ1n) is 10.4. The van der Waals surface area contributed by atoms with Gasteiger partial charge in [0.15, 0.2) is 0 Å². The number of piperidine rings is 1. The zero-order valence-corrected chi connectivity index (χ0v) is 18.0. The standard InChI is InChI=1S/C24H24N2O4S/c27-22(25-12-5-2-6-13-25)16-26-23(28)21(31-24(26)29)15-19-10-7-11-20(14-19)30-17-18-8-3-1-4-9-18/h1,3-4,7-11,14-15H,2,5-6,12-13,16-17H2/b21-15-. The van der Waals surface area contributed by atoms with Crippen LogP contribution in [0.1, 0.15) is 30.4 Å². The molecule has 0 spiro atoms. The molecule has 2 fully saturated rings. The largest absolute Gasteiger partial charge is 0.489 e. The maximum atomic E-state index is 12.7. The van der Waals surface area contributed by atoms with E-state index in [1.54, 1.807) is 11.0 Å². The highest BCUT2D eigenvalue weighted by atomic mass is 32.2. The molecule has 0 atom stereocenters. The predicted molar refractivity (Wildman–Crippen MR) is 120 cm³/mol. The Balaban J connectivity index is 1.41. The summed E-state index contributed by atoms with van der Waals surface area (Å²) in [6.45, 7) is 1.64. The topological polar surface area (TPSA) is 66.9 Å². The van der Waals surface area contributed by atoms with Crippen LogP contribution in [0.3, 0.4) is 0 Å². The van der Waals surface area contributed by atoms with E-state index in [0.29, 0.717) is 30.4 Å². The molecule has 4 rings (SSSR count). The van der Waals surface area contributed by atoms with Gasteiger partial charge in [-0.15, -0.1) is 0 Å². The van der Waals surface area contributed by atoms with E-state index in [1.807, 2.05) is 54.6 Å². The summed E-state index contributed by atoms with van der Waals surface area (Å²) in [5.74, 6) is 0.0904. The second-order valence-corrected chi connectivity index (χ2v) is 8.55. The van der Waals surface area contributed by atoms with Crippen LogP contribution in [0.5, 0.6) is 5.75 Å². The van der Waals surface area contributed by atoms with Gasteiger partial charge in [0.2, 0.25) is 5.91 Å². The Labute approximate surface area is 185 Å². The van der Waals surface area contributed by atoms with Gasteiger partial charge >= 0.3 is 0 Å². The lowest BCUT2D eigenvalue weighted by Gasteiger charge is -2.27. The van der Waals surface area contributed by atoms with Gasteiger partial charge in [0, 0.05) is 13.1 Å². The molecule has 0 N–H and O–H groups in total. The zero-order chi connectivity index (χ0) is 21.6. The van der Waals surface area contributed by atoms with Crippen molar-refractivity contribution in [2.75, 3.05) is 19.6 Å². The van der Waals surface area contributed by atoms with Gasteiger partial charge in [-0.25, -0.2) is 0 Å². The van der Waals surface area contributed by atoms with E-state index in [0.717, 1.165) is 47.1 Å². The fourth-order valence-electron chi connectivity index (χ4n) is 3.60. The molecular formula is C24H24N2O4S. The Morgan fingerprint density at radius 1 is 1.00 bits per heavy atom. The Morgan fingerprint density at radius 2 is 1.77 bits per heavy atom. The van der Waals surface area contributed by atoms with Gasteiger partial charge in [0.25, 0.3) is 11.1 Å². The third kappa shape index (κ3) is 5.35. The van der Waals surface area contributed by atoms with Crippen molar-refractivity contribution in [3.05, 3.63) is 70.6 Å². The molecule has 0 unspecified atom stereocenters. The molecule has 2 aliphatic rings. The van der Waals surface area contributed by atoms with E-state index in [4.69, 9.17) is 4.74 Å². The van der Waals surface area contributed by atoms with Crippen LogP contribution in [-0.4, -0.2) is 46.5 Å². The number of benzene rings is 2. The highest BCUT2D eigenvalue weighted by Crippen LogP contribution is 2.32. The molecule has 0 saturated carbocycles. The van der Waals surface area contributed by atoms with Crippen molar-refractivity contribution >= 4 is 34.9 Å². The van der Waals surface area contributed by atoms with Crippen LogP contribution >= 0.6 is 11.8 Å². The number of ether oxygens (including phenoxy) is 1. The fraction of sp³-hybridized carbons (Fsp3) is 0.292. The molecule has 6 nitrogen and oxygen atoms in total. The second-order valence-electron chi connectivity index (χ2n) is 7.56. The Hall–Kier alpha value is -3.06. The Kier molecular flexibility index (Phi) is 6.72. The normalized spacial score (nSPS) is 18.0. The van der Waals surface area contributed by atoms with Crippen molar-refractivity contribution in [2.24, 2.45) is 0 Å². The summed E-state index contributed by atoms with van der Waals surface area (Å²) >= 11 is 0.868. The highest BCUT2D eigenvalue weighted by molar-refractivity contribution is 8.18. The maximum Gasteiger partial charge on any atom is 0.294 e. The summed E-state index contributed by atoms with van der Waals surface area (Å²) in [7, 11) is 0. The molecule has 2 aromatic rings. The molecule has 0 radical (unpaired) electrons. The summed E-state index contributed by atoms with van der Waals surface area (Å²) in [4.78, 5) is 40.7. The molecule has 0 aromatic heterocycles. The first-order chi connectivity index (χ1) is 15.1. The van der Waals surface area contributed by atoms with Crippen LogP contribution in [0, 0.1) is 0 Å². The molecule has 0 aliphatic carbocycles. The quantitative estimate of drug-likeness (QED) is 0.631. The fourth-order valence-corrected chi connectivity index (χ4v) is 4.44. The summed E-state index contributed by atoms with van der Waals surface area (Å²) in [5, 5.41) is -0.405. The molecule has 2 aliphatic heterocycles. The van der Waals surface area contributed by atoms with E-state index in [9.17, 15) is 14.4 Å². The number of carbonyl (C=O) groups is 3. The van der Waals surface area contributed by atoms with Gasteiger partial charge in [-0.3, -0.25) is 19.3 Å².